The maximum Gasteiger partial charge on any atom is 0.256 e. The van der Waals surface area contributed by atoms with Gasteiger partial charge in [0.2, 0.25) is 5.91 Å². The molecule has 2 saturated heterocycles. The number of likely N-dealkylation sites (tertiary alicyclic amines) is 2. The molecule has 1 N–H and O–H groups in total. The number of rotatable bonds is 5. The number of pyridine rings is 1. The van der Waals surface area contributed by atoms with E-state index in [0.29, 0.717) is 18.7 Å². The van der Waals surface area contributed by atoms with Crippen LogP contribution < -0.4 is 0 Å². The van der Waals surface area contributed by atoms with E-state index in [1.54, 1.807) is 28.1 Å². The van der Waals surface area contributed by atoms with Crippen LogP contribution in [-0.4, -0.2) is 76.7 Å². The van der Waals surface area contributed by atoms with Crippen molar-refractivity contribution in [1.82, 2.24) is 14.8 Å². The summed E-state index contributed by atoms with van der Waals surface area (Å²) in [6.45, 7) is 0.736. The minimum atomic E-state index is -0.523. The van der Waals surface area contributed by atoms with E-state index in [1.807, 2.05) is 30.3 Å². The van der Waals surface area contributed by atoms with Gasteiger partial charge in [-0.3, -0.25) is 14.6 Å². The fourth-order valence-corrected chi connectivity index (χ4v) is 4.62. The molecule has 2 amide bonds. The third kappa shape index (κ3) is 2.78. The summed E-state index contributed by atoms with van der Waals surface area (Å²) in [4.78, 5) is 33.0. The Morgan fingerprint density at radius 3 is 2.57 bits per heavy atom. The molecule has 1 aromatic heterocycles. The highest BCUT2D eigenvalue weighted by atomic mass is 16.5. The minimum Gasteiger partial charge on any atom is -0.394 e. The zero-order chi connectivity index (χ0) is 19.7. The Kier molecular flexibility index (Phi) is 4.87. The maximum atomic E-state index is 13.2. The zero-order valence-corrected chi connectivity index (χ0v) is 15.7. The fourth-order valence-electron chi connectivity index (χ4n) is 4.62. The summed E-state index contributed by atoms with van der Waals surface area (Å²) in [5.74, 6) is -0.301. The van der Waals surface area contributed by atoms with Gasteiger partial charge in [-0.2, -0.15) is 0 Å². The lowest BCUT2D eigenvalue weighted by molar-refractivity contribution is -0.180. The topological polar surface area (TPSA) is 83.0 Å². The second kappa shape index (κ2) is 7.33. The largest absolute Gasteiger partial charge is 0.394 e. The molecule has 2 aliphatic heterocycles. The summed E-state index contributed by atoms with van der Waals surface area (Å²) in [5, 5.41) is 10.1. The van der Waals surface area contributed by atoms with Gasteiger partial charge in [-0.15, -0.1) is 0 Å². The first kappa shape index (κ1) is 18.6. The van der Waals surface area contributed by atoms with Gasteiger partial charge in [-0.05, 0) is 17.7 Å². The first-order valence-electron chi connectivity index (χ1n) is 9.28. The second-order valence-corrected chi connectivity index (χ2v) is 7.34. The van der Waals surface area contributed by atoms with Crippen LogP contribution in [0.4, 0.5) is 0 Å². The number of ether oxygens (including phenoxy) is 1. The van der Waals surface area contributed by atoms with Crippen LogP contribution >= 0.6 is 0 Å². The molecular weight excluding hydrogens is 358 g/mol. The van der Waals surface area contributed by atoms with E-state index in [9.17, 15) is 14.7 Å². The maximum absolute atomic E-state index is 13.2. The standard InChI is InChI=1S/C21H23N3O4/c1-28-12-18(26)23-13-21(14-23)19(15-6-3-2-4-7-15)17(11-25)24(21)20(27)16-8-5-9-22-10-16/h2-10,17,19,25H,11-14H2,1H3/t17-,19-/m1/s1. The van der Waals surface area contributed by atoms with Gasteiger partial charge in [0.25, 0.3) is 5.91 Å². The summed E-state index contributed by atoms with van der Waals surface area (Å²) < 4.78 is 4.96. The average Bonchev–Trinajstić information content (AvgIpc) is 2.68. The van der Waals surface area contributed by atoms with Crippen molar-refractivity contribution in [3.63, 3.8) is 0 Å². The van der Waals surface area contributed by atoms with Crippen molar-refractivity contribution < 1.29 is 19.4 Å². The average molecular weight is 381 g/mol. The lowest BCUT2D eigenvalue weighted by Gasteiger charge is -2.70. The Morgan fingerprint density at radius 1 is 1.21 bits per heavy atom. The molecule has 0 saturated carbocycles. The van der Waals surface area contributed by atoms with Gasteiger partial charge in [0.15, 0.2) is 0 Å². The lowest BCUT2D eigenvalue weighted by Crippen LogP contribution is -2.86. The highest BCUT2D eigenvalue weighted by molar-refractivity contribution is 5.96. The molecular formula is C21H23N3O4. The molecule has 7 nitrogen and oxygen atoms in total. The Bertz CT molecular complexity index is 852. The third-order valence-corrected chi connectivity index (χ3v) is 5.80. The highest BCUT2D eigenvalue weighted by Gasteiger charge is 2.68. The quantitative estimate of drug-likeness (QED) is 0.832. The van der Waals surface area contributed by atoms with Crippen molar-refractivity contribution in [2.24, 2.45) is 0 Å². The van der Waals surface area contributed by atoms with Crippen LogP contribution in [0, 0.1) is 0 Å². The smallest absolute Gasteiger partial charge is 0.256 e. The number of amides is 2. The number of hydrogen-bond acceptors (Lipinski definition) is 5. The monoisotopic (exact) mass is 381 g/mol. The number of aliphatic hydroxyl groups excluding tert-OH is 1. The molecule has 0 bridgehead atoms. The molecule has 2 aromatic rings. The number of hydrogen-bond donors (Lipinski definition) is 1. The number of aliphatic hydroxyl groups is 1. The molecule has 0 unspecified atom stereocenters. The number of aromatic nitrogens is 1. The Labute approximate surface area is 163 Å². The molecule has 7 heteroatoms. The van der Waals surface area contributed by atoms with Crippen molar-refractivity contribution in [3.05, 3.63) is 66.0 Å². The van der Waals surface area contributed by atoms with Gasteiger partial charge in [-0.25, -0.2) is 0 Å². The number of carbonyl (C=O) groups is 2. The van der Waals surface area contributed by atoms with Crippen molar-refractivity contribution in [2.45, 2.75) is 17.5 Å². The Morgan fingerprint density at radius 2 is 1.96 bits per heavy atom. The molecule has 4 rings (SSSR count). The van der Waals surface area contributed by atoms with Gasteiger partial charge in [-0.1, -0.05) is 30.3 Å². The van der Waals surface area contributed by atoms with Crippen LogP contribution in [0.2, 0.25) is 0 Å². The van der Waals surface area contributed by atoms with Gasteiger partial charge in [0.1, 0.15) is 6.61 Å². The van der Waals surface area contributed by atoms with Crippen LogP contribution in [-0.2, 0) is 9.53 Å². The molecule has 1 aromatic carbocycles. The summed E-state index contributed by atoms with van der Waals surface area (Å²) in [5.41, 5.74) is 1.02. The van der Waals surface area contributed by atoms with Crippen LogP contribution in [0.15, 0.2) is 54.9 Å². The van der Waals surface area contributed by atoms with E-state index in [0.717, 1.165) is 5.56 Å². The molecule has 0 radical (unpaired) electrons. The summed E-state index contributed by atoms with van der Waals surface area (Å²) in [6.07, 6.45) is 3.15. The predicted octanol–water partition coefficient (Wildman–Crippen LogP) is 0.909. The van der Waals surface area contributed by atoms with Gasteiger partial charge in [0.05, 0.1) is 23.8 Å². The zero-order valence-electron chi connectivity index (χ0n) is 15.7. The molecule has 2 fully saturated rings. The Hall–Kier alpha value is -2.77. The van der Waals surface area contributed by atoms with E-state index >= 15 is 0 Å². The second-order valence-electron chi connectivity index (χ2n) is 7.34. The molecule has 0 aliphatic carbocycles. The lowest BCUT2D eigenvalue weighted by atomic mass is 9.60. The molecule has 3 heterocycles. The van der Waals surface area contributed by atoms with Crippen LogP contribution in [0.25, 0.3) is 0 Å². The van der Waals surface area contributed by atoms with Crippen LogP contribution in [0.1, 0.15) is 21.8 Å². The first-order valence-corrected chi connectivity index (χ1v) is 9.28. The molecule has 2 aliphatic rings. The number of benzene rings is 1. The van der Waals surface area contributed by atoms with Crippen molar-refractivity contribution in [3.8, 4) is 0 Å². The molecule has 2 atom stereocenters. The van der Waals surface area contributed by atoms with Crippen LogP contribution in [0.5, 0.6) is 0 Å². The van der Waals surface area contributed by atoms with Gasteiger partial charge < -0.3 is 19.6 Å². The Balaban J connectivity index is 1.67. The van der Waals surface area contributed by atoms with E-state index in [4.69, 9.17) is 4.74 Å². The summed E-state index contributed by atoms with van der Waals surface area (Å²) in [7, 11) is 1.49. The minimum absolute atomic E-state index is 0.0199. The van der Waals surface area contributed by atoms with Crippen molar-refractivity contribution in [1.29, 1.82) is 0 Å². The third-order valence-electron chi connectivity index (χ3n) is 5.80. The fraction of sp³-hybridized carbons (Fsp3) is 0.381. The van der Waals surface area contributed by atoms with E-state index in [2.05, 4.69) is 4.98 Å². The number of nitrogens with zero attached hydrogens (tertiary/aromatic N) is 3. The molecule has 1 spiro atoms. The summed E-state index contributed by atoms with van der Waals surface area (Å²) >= 11 is 0. The predicted molar refractivity (Wildman–Crippen MR) is 102 cm³/mol. The normalized spacial score (nSPS) is 22.5. The molecule has 28 heavy (non-hydrogen) atoms. The molecule has 146 valence electrons. The number of carbonyl (C=O) groups excluding carboxylic acids is 2. The van der Waals surface area contributed by atoms with Crippen molar-refractivity contribution >= 4 is 11.8 Å². The van der Waals surface area contributed by atoms with Crippen LogP contribution in [0.3, 0.4) is 0 Å². The summed E-state index contributed by atoms with van der Waals surface area (Å²) in [6, 6.07) is 13.0. The van der Waals surface area contributed by atoms with E-state index < -0.39 is 5.54 Å². The van der Waals surface area contributed by atoms with Crippen molar-refractivity contribution in [2.75, 3.05) is 33.4 Å². The first-order chi connectivity index (χ1) is 13.6. The highest BCUT2D eigenvalue weighted by Crippen LogP contribution is 2.54. The van der Waals surface area contributed by atoms with Gasteiger partial charge in [0, 0.05) is 38.5 Å². The number of methoxy groups -OCH3 is 1. The van der Waals surface area contributed by atoms with E-state index in [1.165, 1.54) is 13.3 Å². The van der Waals surface area contributed by atoms with Gasteiger partial charge >= 0.3 is 0 Å². The SMILES string of the molecule is COCC(=O)N1CC2(C1)[C@H](c1ccccc1)[C@@H](CO)N2C(=O)c1cccnc1. The van der Waals surface area contributed by atoms with E-state index in [-0.39, 0.29) is 37.0 Å².